The fraction of sp³-hybridized carbons (Fsp3) is 0.400. The summed E-state index contributed by atoms with van der Waals surface area (Å²) < 4.78 is 11.1. The third kappa shape index (κ3) is 6.24. The van der Waals surface area contributed by atoms with Crippen LogP contribution in [0, 0.1) is 0 Å². The van der Waals surface area contributed by atoms with E-state index in [4.69, 9.17) is 21.1 Å². The van der Waals surface area contributed by atoms with E-state index in [0.717, 1.165) is 11.3 Å². The quantitative estimate of drug-likeness (QED) is 0.731. The van der Waals surface area contributed by atoms with Crippen LogP contribution in [0.1, 0.15) is 19.4 Å². The predicted octanol–water partition coefficient (Wildman–Crippen LogP) is 4.00. The van der Waals surface area contributed by atoms with E-state index in [1.165, 1.54) is 0 Å². The normalized spacial score (nSPS) is 12.4. The molecule has 1 atom stereocenters. The van der Waals surface area contributed by atoms with Crippen LogP contribution >= 0.6 is 11.6 Å². The number of hydrogen-bond donors (Lipinski definition) is 1. The molecule has 0 saturated carbocycles. The third-order valence-electron chi connectivity index (χ3n) is 4.00. The third-order valence-corrected chi connectivity index (χ3v) is 4.25. The van der Waals surface area contributed by atoms with Crippen molar-refractivity contribution in [2.45, 2.75) is 32.5 Å². The van der Waals surface area contributed by atoms with E-state index in [0.29, 0.717) is 23.9 Å². The lowest BCUT2D eigenvalue weighted by atomic mass is 10.1. The molecule has 2 aromatic rings. The molecule has 2 aromatic carbocycles. The zero-order valence-electron chi connectivity index (χ0n) is 15.0. The molecule has 0 unspecified atom stereocenters. The summed E-state index contributed by atoms with van der Waals surface area (Å²) in [7, 11) is 1.67. The van der Waals surface area contributed by atoms with Gasteiger partial charge in [-0.25, -0.2) is 0 Å². The van der Waals surface area contributed by atoms with E-state index >= 15 is 0 Å². The number of ether oxygens (including phenoxy) is 2. The van der Waals surface area contributed by atoms with Gasteiger partial charge in [0.15, 0.2) is 0 Å². The molecule has 1 N–H and O–H groups in total. The van der Waals surface area contributed by atoms with E-state index in [9.17, 15) is 5.11 Å². The number of aliphatic hydroxyl groups excluding tert-OH is 1. The summed E-state index contributed by atoms with van der Waals surface area (Å²) in [6.07, 6.45) is -0.590. The van der Waals surface area contributed by atoms with Crippen molar-refractivity contribution in [3.8, 4) is 11.5 Å². The summed E-state index contributed by atoms with van der Waals surface area (Å²) in [5.41, 5.74) is 1.10. The summed E-state index contributed by atoms with van der Waals surface area (Å²) in [5.74, 6) is 1.56. The van der Waals surface area contributed by atoms with Crippen LogP contribution in [-0.2, 0) is 6.54 Å². The van der Waals surface area contributed by atoms with Gasteiger partial charge in [0, 0.05) is 29.7 Å². The highest BCUT2D eigenvalue weighted by Crippen LogP contribution is 2.21. The second-order valence-corrected chi connectivity index (χ2v) is 6.69. The Labute approximate surface area is 154 Å². The van der Waals surface area contributed by atoms with Gasteiger partial charge < -0.3 is 14.6 Å². The maximum atomic E-state index is 10.4. The number of methoxy groups -OCH3 is 1. The number of para-hydroxylation sites is 1. The molecule has 0 amide bonds. The lowest BCUT2D eigenvalue weighted by Crippen LogP contribution is -2.39. The molecule has 0 saturated heterocycles. The fourth-order valence-corrected chi connectivity index (χ4v) is 2.68. The van der Waals surface area contributed by atoms with Crippen LogP contribution in [0.4, 0.5) is 0 Å². The van der Waals surface area contributed by atoms with Crippen LogP contribution < -0.4 is 9.47 Å². The molecule has 136 valence electrons. The van der Waals surface area contributed by atoms with Gasteiger partial charge in [0.25, 0.3) is 0 Å². The molecular formula is C20H26ClNO3. The molecule has 0 aromatic heterocycles. The Hall–Kier alpha value is -1.75. The van der Waals surface area contributed by atoms with E-state index in [-0.39, 0.29) is 12.6 Å². The van der Waals surface area contributed by atoms with Gasteiger partial charge in [0.1, 0.15) is 24.2 Å². The number of halogens is 1. The highest BCUT2D eigenvalue weighted by molar-refractivity contribution is 6.30. The van der Waals surface area contributed by atoms with Crippen molar-refractivity contribution in [1.82, 2.24) is 4.90 Å². The molecule has 5 heteroatoms. The van der Waals surface area contributed by atoms with Gasteiger partial charge in [0.2, 0.25) is 0 Å². The van der Waals surface area contributed by atoms with Crippen LogP contribution in [0.2, 0.25) is 5.02 Å². The first-order valence-corrected chi connectivity index (χ1v) is 8.79. The average Bonchev–Trinajstić information content (AvgIpc) is 2.61. The van der Waals surface area contributed by atoms with E-state index in [2.05, 4.69) is 18.7 Å². The molecule has 0 aliphatic rings. The van der Waals surface area contributed by atoms with Crippen molar-refractivity contribution in [3.63, 3.8) is 0 Å². The maximum Gasteiger partial charge on any atom is 0.123 e. The van der Waals surface area contributed by atoms with Gasteiger partial charge in [-0.1, -0.05) is 29.8 Å². The zero-order valence-corrected chi connectivity index (χ0v) is 15.7. The molecule has 0 fully saturated rings. The minimum absolute atomic E-state index is 0.233. The molecule has 0 radical (unpaired) electrons. The Morgan fingerprint density at radius 1 is 1.08 bits per heavy atom. The number of nitrogens with zero attached hydrogens (tertiary/aromatic N) is 1. The minimum atomic E-state index is -0.590. The van der Waals surface area contributed by atoms with Crippen LogP contribution in [0.3, 0.4) is 0 Å². The molecule has 25 heavy (non-hydrogen) atoms. The first-order chi connectivity index (χ1) is 12.0. The van der Waals surface area contributed by atoms with E-state index < -0.39 is 6.10 Å². The Balaban J connectivity index is 1.92. The van der Waals surface area contributed by atoms with Crippen LogP contribution in [0.15, 0.2) is 48.5 Å². The van der Waals surface area contributed by atoms with Gasteiger partial charge in [-0.3, -0.25) is 4.90 Å². The number of aliphatic hydroxyl groups is 1. The largest absolute Gasteiger partial charge is 0.496 e. The molecule has 4 nitrogen and oxygen atoms in total. The Morgan fingerprint density at radius 2 is 1.76 bits per heavy atom. The highest BCUT2D eigenvalue weighted by atomic mass is 35.5. The molecule has 0 bridgehead atoms. The Bertz CT molecular complexity index is 646. The van der Waals surface area contributed by atoms with Gasteiger partial charge in [-0.2, -0.15) is 0 Å². The van der Waals surface area contributed by atoms with Crippen molar-refractivity contribution in [3.05, 3.63) is 59.1 Å². The monoisotopic (exact) mass is 363 g/mol. The lowest BCUT2D eigenvalue weighted by molar-refractivity contribution is 0.0540. The van der Waals surface area contributed by atoms with Gasteiger partial charge in [0.05, 0.1) is 7.11 Å². The summed E-state index contributed by atoms with van der Waals surface area (Å²) >= 11 is 5.86. The maximum absolute atomic E-state index is 10.4. The summed E-state index contributed by atoms with van der Waals surface area (Å²) in [5, 5.41) is 11.0. The fourth-order valence-electron chi connectivity index (χ4n) is 2.56. The lowest BCUT2D eigenvalue weighted by Gasteiger charge is -2.29. The van der Waals surface area contributed by atoms with Crippen molar-refractivity contribution in [2.24, 2.45) is 0 Å². The van der Waals surface area contributed by atoms with E-state index in [1.807, 2.05) is 24.3 Å². The highest BCUT2D eigenvalue weighted by Gasteiger charge is 2.17. The summed E-state index contributed by atoms with van der Waals surface area (Å²) in [4.78, 5) is 2.20. The number of hydrogen-bond acceptors (Lipinski definition) is 4. The molecule has 0 aliphatic carbocycles. The van der Waals surface area contributed by atoms with Crippen LogP contribution in [0.5, 0.6) is 11.5 Å². The van der Waals surface area contributed by atoms with Crippen molar-refractivity contribution >= 4 is 11.6 Å². The van der Waals surface area contributed by atoms with Crippen molar-refractivity contribution in [2.75, 3.05) is 20.3 Å². The molecule has 0 spiro atoms. The SMILES string of the molecule is COc1ccccc1CN(C[C@@H](O)COc1ccc(Cl)cc1)C(C)C. The summed E-state index contributed by atoms with van der Waals surface area (Å²) in [6.45, 7) is 5.68. The molecular weight excluding hydrogens is 338 g/mol. The van der Waals surface area contributed by atoms with Crippen molar-refractivity contribution < 1.29 is 14.6 Å². The Kier molecular flexibility index (Phi) is 7.56. The topological polar surface area (TPSA) is 41.9 Å². The van der Waals surface area contributed by atoms with Gasteiger partial charge in [-0.15, -0.1) is 0 Å². The second kappa shape index (κ2) is 9.66. The molecule has 2 rings (SSSR count). The minimum Gasteiger partial charge on any atom is -0.496 e. The standard InChI is InChI=1S/C20H26ClNO3/c1-15(2)22(12-16-6-4-5-7-20(16)24-3)13-18(23)14-25-19-10-8-17(21)9-11-19/h4-11,15,18,23H,12-14H2,1-3H3/t18-/m1/s1. The first-order valence-electron chi connectivity index (χ1n) is 8.42. The first kappa shape index (κ1) is 19.6. The van der Waals surface area contributed by atoms with Crippen molar-refractivity contribution in [1.29, 1.82) is 0 Å². The zero-order chi connectivity index (χ0) is 18.2. The predicted molar refractivity (Wildman–Crippen MR) is 101 cm³/mol. The van der Waals surface area contributed by atoms with Gasteiger partial charge >= 0.3 is 0 Å². The smallest absolute Gasteiger partial charge is 0.123 e. The second-order valence-electron chi connectivity index (χ2n) is 6.25. The molecule has 0 heterocycles. The summed E-state index contributed by atoms with van der Waals surface area (Å²) in [6, 6.07) is 15.4. The average molecular weight is 364 g/mol. The van der Waals surface area contributed by atoms with Gasteiger partial charge in [-0.05, 0) is 44.2 Å². The Morgan fingerprint density at radius 3 is 2.40 bits per heavy atom. The number of rotatable bonds is 9. The van der Waals surface area contributed by atoms with E-state index in [1.54, 1.807) is 31.4 Å². The number of benzene rings is 2. The van der Waals surface area contributed by atoms with Crippen LogP contribution in [-0.4, -0.2) is 42.4 Å². The molecule has 0 aliphatic heterocycles. The van der Waals surface area contributed by atoms with Crippen LogP contribution in [0.25, 0.3) is 0 Å².